The van der Waals surface area contributed by atoms with E-state index in [4.69, 9.17) is 37.5 Å². The van der Waals surface area contributed by atoms with Gasteiger partial charge in [0, 0.05) is 25.7 Å². The number of unbranched alkanes of at least 4 members (excludes halogenated alkanes) is 53. The Labute approximate surface area is 638 Å². The fourth-order valence-electron chi connectivity index (χ4n) is 14.4. The largest absolute Gasteiger partial charge is 0.756 e. The van der Waals surface area contributed by atoms with Gasteiger partial charge in [0.2, 0.25) is 0 Å². The Bertz CT molecular complexity index is 2090. The highest BCUT2D eigenvalue weighted by Crippen LogP contribution is 2.45. The van der Waals surface area contributed by atoms with Crippen molar-refractivity contribution in [2.75, 3.05) is 19.8 Å². The van der Waals surface area contributed by atoms with E-state index < -0.39 is 125 Å². The van der Waals surface area contributed by atoms with Gasteiger partial charge in [0.05, 0.1) is 6.61 Å². The van der Waals surface area contributed by atoms with E-state index in [1.165, 1.54) is 231 Å². The summed E-state index contributed by atoms with van der Waals surface area (Å²) < 4.78 is 59.6. The van der Waals surface area contributed by atoms with Crippen LogP contribution >= 0.6 is 7.82 Å². The third-order valence-electron chi connectivity index (χ3n) is 21.2. The zero-order valence-corrected chi connectivity index (χ0v) is 67.9. The van der Waals surface area contributed by atoms with Crippen molar-refractivity contribution in [3.8, 4) is 0 Å². The first-order chi connectivity index (χ1) is 51.0. The van der Waals surface area contributed by atoms with Crippen LogP contribution in [-0.4, -0.2) is 148 Å². The lowest BCUT2D eigenvalue weighted by Gasteiger charge is -2.48. The minimum Gasteiger partial charge on any atom is -0.756 e. The maximum Gasteiger partial charge on any atom is 0.306 e. The van der Waals surface area contributed by atoms with Gasteiger partial charge in [-0.25, -0.2) is 0 Å². The lowest BCUT2D eigenvalue weighted by Crippen LogP contribution is -2.68. The number of hydrogen-bond acceptors (Lipinski definition) is 20. The van der Waals surface area contributed by atoms with Crippen molar-refractivity contribution >= 4 is 31.7 Å². The maximum atomic E-state index is 14.2. The molecule has 0 amide bonds. The molecule has 0 bridgehead atoms. The van der Waals surface area contributed by atoms with Gasteiger partial charge >= 0.3 is 23.9 Å². The molecule has 13 atom stereocenters. The smallest absolute Gasteiger partial charge is 0.306 e. The Hall–Kier alpha value is -2.33. The van der Waals surface area contributed by atoms with E-state index >= 15 is 0 Å². The summed E-state index contributed by atoms with van der Waals surface area (Å²) in [5.74, 6) is -2.73. The normalized spacial score (nSPS) is 22.0. The van der Waals surface area contributed by atoms with Crippen LogP contribution in [0.5, 0.6) is 0 Å². The second-order valence-corrected chi connectivity index (χ2v) is 32.4. The SMILES string of the molecule is CCCCCCCCCCCCCCCCCCC(=O)OCC(COP(=O)([O-])O[C@H]1[C@H](O)[C@@H](O)[C@H](O)[C@@H](OC(=O)CCCCCCCCCCCCCCCCC)[C@H]1O[C@H]1O[C@H](COC(=O)CCCCCCCCCCCCCCC)[C@@H](O)[C@H](O)[C@@H]1O)OC(=O)CCCCCCCCCCCCCCC. The molecule has 20 nitrogen and oxygen atoms in total. The average molecular weight is 1520 g/mol. The number of rotatable bonds is 74. The summed E-state index contributed by atoms with van der Waals surface area (Å²) in [5.41, 5.74) is 0. The van der Waals surface area contributed by atoms with Crippen LogP contribution in [0.25, 0.3) is 0 Å². The molecule has 2 fully saturated rings. The Morgan fingerprint density at radius 1 is 0.333 bits per heavy atom. The molecular formula is C84H158O20P-. The second kappa shape index (κ2) is 67.4. The fourth-order valence-corrected chi connectivity index (χ4v) is 15.3. The van der Waals surface area contributed by atoms with Crippen molar-refractivity contribution in [1.82, 2.24) is 0 Å². The Morgan fingerprint density at radius 3 is 0.962 bits per heavy atom. The van der Waals surface area contributed by atoms with Crippen LogP contribution in [0, 0.1) is 0 Å². The van der Waals surface area contributed by atoms with E-state index in [1.807, 2.05) is 0 Å². The second-order valence-electron chi connectivity index (χ2n) is 31.1. The monoisotopic (exact) mass is 1520 g/mol. The van der Waals surface area contributed by atoms with Crippen molar-refractivity contribution < 1.29 is 96.7 Å². The molecule has 0 aromatic heterocycles. The van der Waals surface area contributed by atoms with Gasteiger partial charge in [0.15, 0.2) is 18.5 Å². The zero-order chi connectivity index (χ0) is 76.6. The number of esters is 4. The Balaban J connectivity index is 2.21. The molecule has 620 valence electrons. The summed E-state index contributed by atoms with van der Waals surface area (Å²) in [5, 5.41) is 68.3. The highest BCUT2D eigenvalue weighted by atomic mass is 31.2. The zero-order valence-electron chi connectivity index (χ0n) is 67.0. The van der Waals surface area contributed by atoms with Gasteiger partial charge in [-0.15, -0.1) is 0 Å². The van der Waals surface area contributed by atoms with Gasteiger partial charge < -0.3 is 73.0 Å². The molecule has 2 unspecified atom stereocenters. The minimum atomic E-state index is -5.79. The van der Waals surface area contributed by atoms with E-state index in [-0.39, 0.29) is 25.7 Å². The van der Waals surface area contributed by atoms with Gasteiger partial charge in [-0.1, -0.05) is 368 Å². The number of aliphatic hydroxyl groups excluding tert-OH is 6. The molecular weight excluding hydrogens is 1360 g/mol. The van der Waals surface area contributed by atoms with Crippen molar-refractivity contribution in [3.05, 3.63) is 0 Å². The van der Waals surface area contributed by atoms with Crippen LogP contribution < -0.4 is 4.89 Å². The lowest BCUT2D eigenvalue weighted by molar-refractivity contribution is -0.342. The van der Waals surface area contributed by atoms with Gasteiger partial charge in [-0.3, -0.25) is 23.7 Å². The molecule has 1 saturated carbocycles. The van der Waals surface area contributed by atoms with Gasteiger partial charge in [-0.05, 0) is 25.7 Å². The van der Waals surface area contributed by atoms with E-state index in [0.29, 0.717) is 32.1 Å². The molecule has 0 aromatic carbocycles. The first-order valence-corrected chi connectivity index (χ1v) is 45.2. The minimum absolute atomic E-state index is 0.00357. The number of phosphoric acid groups is 1. The number of hydrogen-bond donors (Lipinski definition) is 6. The summed E-state index contributed by atoms with van der Waals surface area (Å²) >= 11 is 0. The highest BCUT2D eigenvalue weighted by Gasteiger charge is 2.56. The summed E-state index contributed by atoms with van der Waals surface area (Å²) in [6.07, 6.45) is 39.9. The topological polar surface area (TPSA) is 304 Å². The van der Waals surface area contributed by atoms with Gasteiger partial charge in [0.1, 0.15) is 68.1 Å². The van der Waals surface area contributed by atoms with Gasteiger partial charge in [0.25, 0.3) is 7.82 Å². The van der Waals surface area contributed by atoms with Crippen LogP contribution in [-0.2, 0) is 61.2 Å². The van der Waals surface area contributed by atoms with Crippen LogP contribution in [0.3, 0.4) is 0 Å². The van der Waals surface area contributed by atoms with Crippen LogP contribution in [0.4, 0.5) is 0 Å². The summed E-state index contributed by atoms with van der Waals surface area (Å²) in [6.45, 7) is 6.80. The molecule has 1 saturated heterocycles. The van der Waals surface area contributed by atoms with Crippen molar-refractivity contribution in [2.45, 2.75) is 493 Å². The third kappa shape index (κ3) is 51.8. The molecule has 2 aliphatic rings. The molecule has 6 N–H and O–H groups in total. The molecule has 1 aliphatic heterocycles. The number of aliphatic hydroxyl groups is 6. The van der Waals surface area contributed by atoms with E-state index in [0.717, 1.165) is 103 Å². The number of ether oxygens (including phenoxy) is 6. The Morgan fingerprint density at radius 2 is 0.619 bits per heavy atom. The molecule has 0 spiro atoms. The lowest BCUT2D eigenvalue weighted by atomic mass is 9.84. The van der Waals surface area contributed by atoms with E-state index in [9.17, 15) is 59.3 Å². The van der Waals surface area contributed by atoms with Gasteiger partial charge in [-0.2, -0.15) is 0 Å². The summed E-state index contributed by atoms with van der Waals surface area (Å²) in [6, 6.07) is 0. The number of carbonyl (C=O) groups is 4. The Kier molecular flexibility index (Phi) is 63.4. The molecule has 1 heterocycles. The third-order valence-corrected chi connectivity index (χ3v) is 22.2. The molecule has 1 aliphatic carbocycles. The molecule has 105 heavy (non-hydrogen) atoms. The standard InChI is InChI=1S/C84H159O20P/c1-5-9-13-17-21-25-29-33-35-37-40-43-46-50-54-58-62-71(85)97-66-69(100-73(87)64-60-56-52-48-44-39-32-28-24-20-16-12-8-4)67-99-105(95,96)104-82-79(93)77(91)78(92)81(102-74(88)65-61-57-53-49-45-41-36-34-30-26-22-18-14-10-6-2)83(82)103-84-80(94)76(90)75(89)70(101-84)68-98-72(86)63-59-55-51-47-42-38-31-27-23-19-15-11-7-3/h69-70,75-84,89-94H,5-68H2,1-4H3,(H,95,96)/p-1/t69?,70-,75-,76+,77+,78+,79-,80+,81-,82+,83-,84-/m1/s1. The predicted molar refractivity (Wildman–Crippen MR) is 414 cm³/mol. The van der Waals surface area contributed by atoms with Crippen molar-refractivity contribution in [1.29, 1.82) is 0 Å². The van der Waals surface area contributed by atoms with Crippen molar-refractivity contribution in [2.24, 2.45) is 0 Å². The quantitative estimate of drug-likeness (QED) is 0.0143. The summed E-state index contributed by atoms with van der Waals surface area (Å²) in [7, 11) is -5.79. The first kappa shape index (κ1) is 98.7. The molecule has 0 radical (unpaired) electrons. The van der Waals surface area contributed by atoms with Crippen LogP contribution in [0.1, 0.15) is 419 Å². The van der Waals surface area contributed by atoms with E-state index in [1.54, 1.807) is 0 Å². The van der Waals surface area contributed by atoms with Crippen LogP contribution in [0.2, 0.25) is 0 Å². The maximum absolute atomic E-state index is 14.2. The molecule has 2 rings (SSSR count). The summed E-state index contributed by atoms with van der Waals surface area (Å²) in [4.78, 5) is 67.5. The number of carbonyl (C=O) groups excluding carboxylic acids is 4. The number of phosphoric ester groups is 1. The van der Waals surface area contributed by atoms with Crippen LogP contribution in [0.15, 0.2) is 0 Å². The van der Waals surface area contributed by atoms with Crippen molar-refractivity contribution in [3.63, 3.8) is 0 Å². The molecule has 0 aromatic rings. The predicted octanol–water partition coefficient (Wildman–Crippen LogP) is 18.9. The first-order valence-electron chi connectivity index (χ1n) is 43.7. The highest BCUT2D eigenvalue weighted by molar-refractivity contribution is 7.45. The average Bonchev–Trinajstić information content (AvgIpc) is 0.767. The molecule has 21 heteroatoms. The fraction of sp³-hybridized carbons (Fsp3) is 0.952. The van der Waals surface area contributed by atoms with E-state index in [2.05, 4.69) is 27.7 Å².